The average molecular weight is 340 g/mol. The first-order chi connectivity index (χ1) is 11.1. The molecule has 1 aromatic carbocycles. The molecule has 0 spiro atoms. The van der Waals surface area contributed by atoms with E-state index >= 15 is 0 Å². The minimum atomic E-state index is -0.243. The summed E-state index contributed by atoms with van der Waals surface area (Å²) < 4.78 is 5.41. The van der Waals surface area contributed by atoms with Crippen LogP contribution in [0.2, 0.25) is 0 Å². The Bertz CT molecular complexity index is 439. The molecule has 2 rings (SSSR count). The molecule has 4 atom stereocenters. The van der Waals surface area contributed by atoms with E-state index < -0.39 is 0 Å². The molecule has 3 N–H and O–H groups in total. The Morgan fingerprint density at radius 1 is 1.48 bits per heavy atom. The molecule has 1 amide bonds. The van der Waals surface area contributed by atoms with E-state index in [2.05, 4.69) is 29.7 Å². The number of methoxy groups -OCH3 is 1. The number of benzene rings is 1. The zero-order chi connectivity index (χ0) is 17.1. The molecule has 1 aliphatic rings. The maximum atomic E-state index is 11.7. The Hall–Kier alpha value is -1.00. The zero-order valence-corrected chi connectivity index (χ0v) is 15.2. The number of amides is 1. The molecule has 0 saturated carbocycles. The summed E-state index contributed by atoms with van der Waals surface area (Å²) in [5.41, 5.74) is 1.32. The summed E-state index contributed by atoms with van der Waals surface area (Å²) in [6.07, 6.45) is 2.43. The second-order valence-electron chi connectivity index (χ2n) is 5.72. The van der Waals surface area contributed by atoms with Gasteiger partial charge in [-0.25, -0.2) is 0 Å². The first-order valence-corrected chi connectivity index (χ1v) is 9.18. The van der Waals surface area contributed by atoms with Gasteiger partial charge in [-0.15, -0.1) is 0 Å². The van der Waals surface area contributed by atoms with Crippen molar-refractivity contribution < 1.29 is 14.4 Å². The Balaban J connectivity index is 0.000000313. The van der Waals surface area contributed by atoms with Crippen LogP contribution < -0.4 is 10.6 Å². The van der Waals surface area contributed by atoms with Crippen LogP contribution in [0.1, 0.15) is 25.3 Å². The quantitative estimate of drug-likeness (QED) is 0.693. The maximum Gasteiger partial charge on any atom is 0.225 e. The van der Waals surface area contributed by atoms with Crippen molar-refractivity contribution in [2.45, 2.75) is 38.8 Å². The fourth-order valence-electron chi connectivity index (χ4n) is 2.68. The van der Waals surface area contributed by atoms with Crippen molar-refractivity contribution in [1.82, 2.24) is 10.6 Å². The van der Waals surface area contributed by atoms with Crippen LogP contribution >= 0.6 is 8.81 Å². The summed E-state index contributed by atoms with van der Waals surface area (Å²) in [5.74, 6) is -0.251. The van der Waals surface area contributed by atoms with E-state index in [4.69, 9.17) is 9.63 Å². The van der Waals surface area contributed by atoms with Gasteiger partial charge < -0.3 is 20.3 Å². The largest absolute Gasteiger partial charge is 0.379 e. The summed E-state index contributed by atoms with van der Waals surface area (Å²) in [5, 5.41) is 6.03. The molecule has 0 aromatic heterocycles. The first-order valence-electron chi connectivity index (χ1n) is 8.02. The topological polar surface area (TPSA) is 70.6 Å². The average Bonchev–Trinajstić information content (AvgIpc) is 3.08. The molecule has 1 aromatic rings. The van der Waals surface area contributed by atoms with Crippen LogP contribution in [0.25, 0.3) is 0 Å². The maximum absolute atomic E-state index is 11.7. The molecule has 130 valence electrons. The van der Waals surface area contributed by atoms with Gasteiger partial charge in [-0.05, 0) is 26.3 Å². The number of carbonyl (C=O) groups excluding carboxylic acids is 1. The standard InChI is InChI=1S/C10H21N2O3P.C7H8/c1-7(10(13)12-6-16-14)9(15-2)8-4-3-5-11-8;1-7-5-3-2-4-6-7/h7-9,11,14,16H,3-6H2,1-2H3,(H,12,13);2-6H,1H3. The normalized spacial score (nSPS) is 19.9. The minimum absolute atomic E-state index is 0.0536. The summed E-state index contributed by atoms with van der Waals surface area (Å²) in [6.45, 7) is 4.95. The Morgan fingerprint density at radius 3 is 2.61 bits per heavy atom. The number of aryl methyl sites for hydroxylation is 1. The van der Waals surface area contributed by atoms with Gasteiger partial charge in [0, 0.05) is 22.0 Å². The first kappa shape index (κ1) is 20.0. The molecular weight excluding hydrogens is 311 g/mol. The molecular formula is C17H29N2O3P. The highest BCUT2D eigenvalue weighted by Crippen LogP contribution is 2.19. The summed E-state index contributed by atoms with van der Waals surface area (Å²) in [4.78, 5) is 20.4. The van der Waals surface area contributed by atoms with Gasteiger partial charge in [-0.3, -0.25) is 4.79 Å². The molecule has 23 heavy (non-hydrogen) atoms. The summed E-state index contributed by atoms with van der Waals surface area (Å²) in [7, 11) is 1.40. The lowest BCUT2D eigenvalue weighted by Gasteiger charge is -2.27. The molecule has 0 aliphatic carbocycles. The predicted molar refractivity (Wildman–Crippen MR) is 95.7 cm³/mol. The predicted octanol–water partition coefficient (Wildman–Crippen LogP) is 2.04. The highest BCUT2D eigenvalue weighted by Gasteiger charge is 2.32. The van der Waals surface area contributed by atoms with Crippen LogP contribution in [0, 0.1) is 12.8 Å². The highest BCUT2D eigenvalue weighted by atomic mass is 31.1. The lowest BCUT2D eigenvalue weighted by molar-refractivity contribution is -0.129. The van der Waals surface area contributed by atoms with E-state index in [9.17, 15) is 4.79 Å². The lowest BCUT2D eigenvalue weighted by Crippen LogP contribution is -2.46. The van der Waals surface area contributed by atoms with E-state index in [1.54, 1.807) is 7.11 Å². The number of hydrogen-bond donors (Lipinski definition) is 3. The second kappa shape index (κ2) is 11.5. The van der Waals surface area contributed by atoms with E-state index in [1.165, 1.54) is 5.56 Å². The highest BCUT2D eigenvalue weighted by molar-refractivity contribution is 7.31. The van der Waals surface area contributed by atoms with Crippen molar-refractivity contribution in [3.05, 3.63) is 35.9 Å². The van der Waals surface area contributed by atoms with Gasteiger partial charge in [0.05, 0.1) is 18.3 Å². The van der Waals surface area contributed by atoms with Crippen LogP contribution in [-0.2, 0) is 9.53 Å². The van der Waals surface area contributed by atoms with Crippen LogP contribution in [0.3, 0.4) is 0 Å². The number of hydrogen-bond acceptors (Lipinski definition) is 4. The zero-order valence-electron chi connectivity index (χ0n) is 14.2. The van der Waals surface area contributed by atoms with Crippen molar-refractivity contribution in [3.8, 4) is 0 Å². The van der Waals surface area contributed by atoms with E-state index in [-0.39, 0.29) is 32.8 Å². The van der Waals surface area contributed by atoms with E-state index in [0.717, 1.165) is 19.4 Å². The van der Waals surface area contributed by atoms with Gasteiger partial charge in [0.15, 0.2) is 0 Å². The fraction of sp³-hybridized carbons (Fsp3) is 0.588. The Kier molecular flexibility index (Phi) is 10.0. The van der Waals surface area contributed by atoms with Crippen molar-refractivity contribution >= 4 is 14.7 Å². The van der Waals surface area contributed by atoms with Crippen molar-refractivity contribution in [3.63, 3.8) is 0 Å². The molecule has 5 nitrogen and oxygen atoms in total. The second-order valence-corrected chi connectivity index (χ2v) is 6.39. The van der Waals surface area contributed by atoms with Crippen LogP contribution in [-0.4, -0.2) is 42.9 Å². The number of carbonyl (C=O) groups is 1. The number of rotatable bonds is 6. The van der Waals surface area contributed by atoms with Gasteiger partial charge in [0.1, 0.15) is 0 Å². The number of ether oxygens (including phenoxy) is 1. The van der Waals surface area contributed by atoms with Crippen LogP contribution in [0.5, 0.6) is 0 Å². The fourth-order valence-corrected chi connectivity index (χ4v) is 2.93. The number of nitrogens with one attached hydrogen (secondary N) is 2. The SMILES string of the molecule is COC(C1CCCN1)C(C)C(=O)NCPO.Cc1ccccc1. The molecule has 4 unspecified atom stereocenters. The van der Waals surface area contributed by atoms with Gasteiger partial charge in [-0.1, -0.05) is 42.8 Å². The molecule has 0 radical (unpaired) electrons. The molecule has 6 heteroatoms. The molecule has 1 heterocycles. The van der Waals surface area contributed by atoms with Gasteiger partial charge in [-0.2, -0.15) is 0 Å². The third kappa shape index (κ3) is 7.40. The molecule has 1 fully saturated rings. The van der Waals surface area contributed by atoms with Gasteiger partial charge in [0.25, 0.3) is 0 Å². The summed E-state index contributed by atoms with van der Waals surface area (Å²) in [6, 6.07) is 10.5. The van der Waals surface area contributed by atoms with E-state index in [0.29, 0.717) is 6.29 Å². The molecule has 1 aliphatic heterocycles. The van der Waals surface area contributed by atoms with Gasteiger partial charge in [0.2, 0.25) is 5.91 Å². The minimum Gasteiger partial charge on any atom is -0.379 e. The van der Waals surface area contributed by atoms with Crippen molar-refractivity contribution in [1.29, 1.82) is 0 Å². The monoisotopic (exact) mass is 340 g/mol. The lowest BCUT2D eigenvalue weighted by atomic mass is 9.96. The third-order valence-corrected chi connectivity index (χ3v) is 4.29. The van der Waals surface area contributed by atoms with Crippen LogP contribution in [0.15, 0.2) is 30.3 Å². The summed E-state index contributed by atoms with van der Waals surface area (Å²) >= 11 is 0. The van der Waals surface area contributed by atoms with Crippen molar-refractivity contribution in [2.75, 3.05) is 19.9 Å². The molecule has 1 saturated heterocycles. The smallest absolute Gasteiger partial charge is 0.225 e. The Morgan fingerprint density at radius 2 is 2.17 bits per heavy atom. The third-order valence-electron chi connectivity index (χ3n) is 3.96. The Labute approximate surface area is 141 Å². The van der Waals surface area contributed by atoms with Crippen LogP contribution in [0.4, 0.5) is 0 Å². The molecule has 0 bridgehead atoms. The van der Waals surface area contributed by atoms with Crippen molar-refractivity contribution in [2.24, 2.45) is 5.92 Å². The van der Waals surface area contributed by atoms with E-state index in [1.807, 2.05) is 25.1 Å². The van der Waals surface area contributed by atoms with Gasteiger partial charge >= 0.3 is 0 Å².